The van der Waals surface area contributed by atoms with E-state index in [1.54, 1.807) is 6.92 Å². The first-order valence-corrected chi connectivity index (χ1v) is 6.23. The molecule has 0 aliphatic carbocycles. The molecule has 104 valence electrons. The van der Waals surface area contributed by atoms with Gasteiger partial charge >= 0.3 is 0 Å². The molecule has 0 bridgehead atoms. The number of nitrogens with one attached hydrogen (secondary N) is 2. The van der Waals surface area contributed by atoms with Crippen LogP contribution in [0, 0.1) is 11.2 Å². The van der Waals surface area contributed by atoms with Crippen LogP contribution in [0.2, 0.25) is 5.15 Å². The van der Waals surface area contributed by atoms with Crippen LogP contribution in [0.15, 0.2) is 24.5 Å². The van der Waals surface area contributed by atoms with Crippen molar-refractivity contribution in [1.29, 1.82) is 5.41 Å². The molecule has 0 saturated heterocycles. The summed E-state index contributed by atoms with van der Waals surface area (Å²) >= 11 is 5.89. The van der Waals surface area contributed by atoms with Gasteiger partial charge in [0.25, 0.3) is 0 Å². The number of anilines is 2. The molecule has 5 nitrogen and oxygen atoms in total. The Hall–Kier alpha value is -2.21. The van der Waals surface area contributed by atoms with Crippen LogP contribution in [-0.2, 0) is 0 Å². The lowest BCUT2D eigenvalue weighted by molar-refractivity contribution is 0.340. The van der Waals surface area contributed by atoms with Gasteiger partial charge in [0.2, 0.25) is 0 Å². The Balaban J connectivity index is 2.39. The van der Waals surface area contributed by atoms with Gasteiger partial charge in [0.15, 0.2) is 0 Å². The number of rotatable bonds is 5. The molecule has 1 heterocycles. The lowest BCUT2D eigenvalue weighted by atomic mass is 10.2. The Morgan fingerprint density at radius 2 is 2.25 bits per heavy atom. The lowest BCUT2D eigenvalue weighted by Gasteiger charge is -2.13. The summed E-state index contributed by atoms with van der Waals surface area (Å²) in [6.45, 7) is 2.21. The zero-order chi connectivity index (χ0) is 14.5. The summed E-state index contributed by atoms with van der Waals surface area (Å²) in [5.74, 6) is 0.317. The van der Waals surface area contributed by atoms with E-state index in [-0.39, 0.29) is 5.15 Å². The first kappa shape index (κ1) is 14.2. The summed E-state index contributed by atoms with van der Waals surface area (Å²) in [7, 11) is 0. The molecule has 1 aromatic heterocycles. The van der Waals surface area contributed by atoms with E-state index in [4.69, 9.17) is 21.7 Å². The summed E-state index contributed by atoms with van der Waals surface area (Å²) < 4.78 is 18.6. The minimum atomic E-state index is -0.396. The molecule has 0 amide bonds. The maximum absolute atomic E-state index is 13.2. The minimum absolute atomic E-state index is 0.164. The molecule has 1 aromatic carbocycles. The first-order chi connectivity index (χ1) is 9.65. The largest absolute Gasteiger partial charge is 0.492 e. The molecule has 2 rings (SSSR count). The van der Waals surface area contributed by atoms with Gasteiger partial charge in [0.1, 0.15) is 28.9 Å². The van der Waals surface area contributed by atoms with Crippen LogP contribution in [0.3, 0.4) is 0 Å². The number of nitrogens with zero attached hydrogens (tertiary/aromatic N) is 2. The molecule has 0 saturated carbocycles. The zero-order valence-corrected chi connectivity index (χ0v) is 11.4. The van der Waals surface area contributed by atoms with Gasteiger partial charge in [-0.05, 0) is 19.1 Å². The average molecular weight is 295 g/mol. The highest BCUT2D eigenvalue weighted by Crippen LogP contribution is 2.29. The van der Waals surface area contributed by atoms with Gasteiger partial charge < -0.3 is 15.5 Å². The summed E-state index contributed by atoms with van der Waals surface area (Å²) in [6.07, 6.45) is 2.33. The standard InChI is InChI=1S/C13H12ClFN4O/c1-2-20-11-5-8(15)3-4-10(11)19-13-9(6-16)12(14)17-7-18-13/h3-7,16H,2H2,1H3,(H,17,18,19). The molecule has 0 aliphatic heterocycles. The molecule has 0 spiro atoms. The van der Waals surface area contributed by atoms with Crippen LogP contribution < -0.4 is 10.1 Å². The lowest BCUT2D eigenvalue weighted by Crippen LogP contribution is -2.03. The molecule has 2 aromatic rings. The third-order valence-electron chi connectivity index (χ3n) is 2.48. The quantitative estimate of drug-likeness (QED) is 0.655. The van der Waals surface area contributed by atoms with E-state index in [2.05, 4.69) is 15.3 Å². The molecule has 0 aliphatic rings. The third kappa shape index (κ3) is 3.03. The maximum atomic E-state index is 13.2. The van der Waals surface area contributed by atoms with E-state index in [1.807, 2.05) is 0 Å². The molecule has 0 fully saturated rings. The molecule has 0 radical (unpaired) electrons. The molecule has 2 N–H and O–H groups in total. The Labute approximate surface area is 120 Å². The SMILES string of the molecule is CCOc1cc(F)ccc1Nc1ncnc(Cl)c1C=N. The summed E-state index contributed by atoms with van der Waals surface area (Å²) in [5, 5.41) is 10.5. The third-order valence-corrected chi connectivity index (χ3v) is 2.78. The Bertz CT molecular complexity index is 636. The van der Waals surface area contributed by atoms with Crippen LogP contribution in [0.4, 0.5) is 15.9 Å². The molecular weight excluding hydrogens is 283 g/mol. The van der Waals surface area contributed by atoms with E-state index in [9.17, 15) is 4.39 Å². The smallest absolute Gasteiger partial charge is 0.145 e. The molecule has 20 heavy (non-hydrogen) atoms. The topological polar surface area (TPSA) is 70.9 Å². The predicted octanol–water partition coefficient (Wildman–Crippen LogP) is 3.41. The van der Waals surface area contributed by atoms with Crippen molar-refractivity contribution < 1.29 is 9.13 Å². The normalized spacial score (nSPS) is 10.2. The van der Waals surface area contributed by atoms with E-state index in [1.165, 1.54) is 24.5 Å². The number of hydrogen-bond donors (Lipinski definition) is 2. The number of hydrogen-bond acceptors (Lipinski definition) is 5. The van der Waals surface area contributed by atoms with Crippen molar-refractivity contribution in [3.05, 3.63) is 41.1 Å². The maximum Gasteiger partial charge on any atom is 0.145 e. The molecular formula is C13H12ClFN4O. The van der Waals surface area contributed by atoms with Crippen LogP contribution in [0.5, 0.6) is 5.75 Å². The molecule has 0 unspecified atom stereocenters. The van der Waals surface area contributed by atoms with Gasteiger partial charge in [-0.1, -0.05) is 11.6 Å². The van der Waals surface area contributed by atoms with Crippen molar-refractivity contribution in [2.24, 2.45) is 0 Å². The second-order valence-electron chi connectivity index (χ2n) is 3.77. The first-order valence-electron chi connectivity index (χ1n) is 5.86. The van der Waals surface area contributed by atoms with Crippen molar-refractivity contribution in [1.82, 2.24) is 9.97 Å². The van der Waals surface area contributed by atoms with Crippen molar-refractivity contribution in [3.8, 4) is 5.75 Å². The van der Waals surface area contributed by atoms with Crippen molar-refractivity contribution in [2.75, 3.05) is 11.9 Å². The van der Waals surface area contributed by atoms with Crippen molar-refractivity contribution >= 4 is 29.3 Å². The van der Waals surface area contributed by atoms with Crippen LogP contribution in [-0.4, -0.2) is 22.8 Å². The summed E-state index contributed by atoms with van der Waals surface area (Å²) in [4.78, 5) is 7.82. The van der Waals surface area contributed by atoms with Gasteiger partial charge in [-0.2, -0.15) is 0 Å². The second kappa shape index (κ2) is 6.29. The van der Waals surface area contributed by atoms with Gasteiger partial charge in [0, 0.05) is 12.3 Å². The van der Waals surface area contributed by atoms with Crippen LogP contribution in [0.25, 0.3) is 0 Å². The van der Waals surface area contributed by atoms with Gasteiger partial charge in [-0.3, -0.25) is 0 Å². The number of halogens is 2. The van der Waals surface area contributed by atoms with E-state index < -0.39 is 5.82 Å². The van der Waals surface area contributed by atoms with Gasteiger partial charge in [-0.25, -0.2) is 14.4 Å². The summed E-state index contributed by atoms with van der Waals surface area (Å²) in [6, 6.07) is 4.11. The fourth-order valence-corrected chi connectivity index (χ4v) is 1.79. The van der Waals surface area contributed by atoms with E-state index >= 15 is 0 Å². The van der Waals surface area contributed by atoms with Gasteiger partial charge in [-0.15, -0.1) is 0 Å². The van der Waals surface area contributed by atoms with Crippen LogP contribution in [0.1, 0.15) is 12.5 Å². The fraction of sp³-hybridized carbons (Fsp3) is 0.154. The zero-order valence-electron chi connectivity index (χ0n) is 10.7. The average Bonchev–Trinajstić information content (AvgIpc) is 2.42. The predicted molar refractivity (Wildman–Crippen MR) is 75.8 cm³/mol. The molecule has 7 heteroatoms. The van der Waals surface area contributed by atoms with Crippen molar-refractivity contribution in [2.45, 2.75) is 6.92 Å². The Morgan fingerprint density at radius 1 is 1.45 bits per heavy atom. The van der Waals surface area contributed by atoms with Crippen molar-refractivity contribution in [3.63, 3.8) is 0 Å². The fourth-order valence-electron chi connectivity index (χ4n) is 1.60. The number of ether oxygens (including phenoxy) is 1. The number of benzene rings is 1. The molecule has 0 atom stereocenters. The highest BCUT2D eigenvalue weighted by molar-refractivity contribution is 6.32. The monoisotopic (exact) mass is 294 g/mol. The second-order valence-corrected chi connectivity index (χ2v) is 4.13. The Kier molecular flexibility index (Phi) is 4.47. The minimum Gasteiger partial charge on any atom is -0.492 e. The van der Waals surface area contributed by atoms with E-state index in [0.29, 0.717) is 29.4 Å². The summed E-state index contributed by atoms with van der Waals surface area (Å²) in [5.41, 5.74) is 0.882. The van der Waals surface area contributed by atoms with E-state index in [0.717, 1.165) is 6.21 Å². The Morgan fingerprint density at radius 3 is 2.95 bits per heavy atom. The van der Waals surface area contributed by atoms with Crippen LogP contribution >= 0.6 is 11.6 Å². The highest BCUT2D eigenvalue weighted by atomic mass is 35.5. The highest BCUT2D eigenvalue weighted by Gasteiger charge is 2.11. The number of aromatic nitrogens is 2. The van der Waals surface area contributed by atoms with Gasteiger partial charge in [0.05, 0.1) is 17.9 Å².